The zero-order chi connectivity index (χ0) is 22.1. The van der Waals surface area contributed by atoms with Crippen LogP contribution in [0.2, 0.25) is 0 Å². The molecule has 0 N–H and O–H groups in total. The number of aromatic nitrogens is 3. The standard InChI is InChI=1S/C26H47N5/c1-5-9-17-30(18-10-6-2)24-27-23(26-15-13-22(21-26)14-16-26)28-25(29-24)31(19-11-7-3)20-12-8-4/h22H,5-21H2,1-4H3. The highest BCUT2D eigenvalue weighted by Crippen LogP contribution is 2.54. The Morgan fingerprint density at radius 3 is 1.42 bits per heavy atom. The molecule has 0 saturated heterocycles. The lowest BCUT2D eigenvalue weighted by Gasteiger charge is -2.30. The van der Waals surface area contributed by atoms with Crippen LogP contribution in [0.3, 0.4) is 0 Å². The second-order valence-electron chi connectivity index (χ2n) is 10.1. The van der Waals surface area contributed by atoms with E-state index in [0.29, 0.717) is 0 Å². The van der Waals surface area contributed by atoms with E-state index in [-0.39, 0.29) is 5.41 Å². The van der Waals surface area contributed by atoms with Crippen LogP contribution in [-0.2, 0) is 5.41 Å². The van der Waals surface area contributed by atoms with Crippen molar-refractivity contribution in [1.82, 2.24) is 15.0 Å². The van der Waals surface area contributed by atoms with Gasteiger partial charge in [0, 0.05) is 31.6 Å². The Kier molecular flexibility index (Phi) is 9.40. The van der Waals surface area contributed by atoms with Crippen LogP contribution in [0.5, 0.6) is 0 Å². The van der Waals surface area contributed by atoms with Gasteiger partial charge in [0.2, 0.25) is 11.9 Å². The Labute approximate surface area is 191 Å². The molecule has 2 fully saturated rings. The third-order valence-corrected chi connectivity index (χ3v) is 7.52. The van der Waals surface area contributed by atoms with Crippen molar-refractivity contribution in [3.63, 3.8) is 0 Å². The molecule has 2 saturated carbocycles. The first-order valence-electron chi connectivity index (χ1n) is 13.4. The lowest BCUT2D eigenvalue weighted by molar-refractivity contribution is 0.396. The van der Waals surface area contributed by atoms with Crippen molar-refractivity contribution in [3.8, 4) is 0 Å². The van der Waals surface area contributed by atoms with E-state index in [1.807, 2.05) is 0 Å². The van der Waals surface area contributed by atoms with Gasteiger partial charge in [-0.2, -0.15) is 15.0 Å². The van der Waals surface area contributed by atoms with Crippen molar-refractivity contribution in [2.24, 2.45) is 5.92 Å². The smallest absolute Gasteiger partial charge is 0.230 e. The number of fused-ring (bicyclic) bond motifs is 2. The van der Waals surface area contributed by atoms with E-state index >= 15 is 0 Å². The van der Waals surface area contributed by atoms with Gasteiger partial charge in [-0.05, 0) is 63.7 Å². The number of hydrogen-bond donors (Lipinski definition) is 0. The molecule has 31 heavy (non-hydrogen) atoms. The summed E-state index contributed by atoms with van der Waals surface area (Å²) in [6, 6.07) is 0. The molecule has 0 aromatic carbocycles. The van der Waals surface area contributed by atoms with Gasteiger partial charge in [-0.25, -0.2) is 0 Å². The second kappa shape index (κ2) is 12.0. The minimum absolute atomic E-state index is 0.222. The summed E-state index contributed by atoms with van der Waals surface area (Å²) in [7, 11) is 0. The summed E-state index contributed by atoms with van der Waals surface area (Å²) in [5.41, 5.74) is 0.222. The van der Waals surface area contributed by atoms with Crippen LogP contribution >= 0.6 is 0 Å². The molecule has 1 aromatic heterocycles. The van der Waals surface area contributed by atoms with E-state index in [0.717, 1.165) is 49.8 Å². The van der Waals surface area contributed by atoms with Gasteiger partial charge in [0.1, 0.15) is 5.82 Å². The maximum absolute atomic E-state index is 5.21. The molecule has 1 aromatic rings. The molecule has 0 aliphatic heterocycles. The highest BCUT2D eigenvalue weighted by atomic mass is 15.3. The fourth-order valence-corrected chi connectivity index (χ4v) is 5.40. The highest BCUT2D eigenvalue weighted by molar-refractivity contribution is 5.41. The predicted octanol–water partition coefficient (Wildman–Crippen LogP) is 6.52. The molecule has 3 rings (SSSR count). The van der Waals surface area contributed by atoms with Crippen LogP contribution in [0, 0.1) is 5.92 Å². The maximum atomic E-state index is 5.21. The summed E-state index contributed by atoms with van der Waals surface area (Å²) in [5, 5.41) is 0. The molecule has 0 radical (unpaired) electrons. The zero-order valence-electron chi connectivity index (χ0n) is 20.8. The summed E-state index contributed by atoms with van der Waals surface area (Å²) in [5.74, 6) is 3.91. The molecule has 5 nitrogen and oxygen atoms in total. The second-order valence-corrected chi connectivity index (χ2v) is 10.1. The van der Waals surface area contributed by atoms with Crippen molar-refractivity contribution >= 4 is 11.9 Å². The first-order valence-corrected chi connectivity index (χ1v) is 13.4. The first kappa shape index (κ1) is 24.3. The lowest BCUT2D eigenvalue weighted by Crippen LogP contribution is -2.34. The Morgan fingerprint density at radius 1 is 0.677 bits per heavy atom. The first-order chi connectivity index (χ1) is 15.2. The fraction of sp³-hybridized carbons (Fsp3) is 0.885. The van der Waals surface area contributed by atoms with Crippen LogP contribution in [0.15, 0.2) is 0 Å². The zero-order valence-corrected chi connectivity index (χ0v) is 20.8. The molecule has 2 aliphatic rings. The number of hydrogen-bond acceptors (Lipinski definition) is 5. The van der Waals surface area contributed by atoms with Crippen molar-refractivity contribution in [2.75, 3.05) is 36.0 Å². The third kappa shape index (κ3) is 6.10. The van der Waals surface area contributed by atoms with E-state index in [1.165, 1.54) is 83.5 Å². The number of unbranched alkanes of at least 4 members (excludes halogenated alkanes) is 4. The molecular formula is C26H47N5. The maximum Gasteiger partial charge on any atom is 0.230 e. The van der Waals surface area contributed by atoms with Crippen molar-refractivity contribution in [1.29, 1.82) is 0 Å². The minimum Gasteiger partial charge on any atom is -0.341 e. The van der Waals surface area contributed by atoms with Gasteiger partial charge in [0.15, 0.2) is 0 Å². The third-order valence-electron chi connectivity index (χ3n) is 7.52. The summed E-state index contributed by atoms with van der Waals surface area (Å²) in [6.45, 7) is 13.3. The minimum atomic E-state index is 0.222. The van der Waals surface area contributed by atoms with Gasteiger partial charge >= 0.3 is 0 Å². The van der Waals surface area contributed by atoms with Crippen molar-refractivity contribution in [2.45, 2.75) is 117 Å². The molecule has 2 aliphatic carbocycles. The largest absolute Gasteiger partial charge is 0.341 e. The average Bonchev–Trinajstić information content (AvgIpc) is 3.42. The van der Waals surface area contributed by atoms with Gasteiger partial charge in [-0.1, -0.05) is 53.4 Å². The van der Waals surface area contributed by atoms with Crippen LogP contribution in [0.25, 0.3) is 0 Å². The normalized spacial score (nSPS) is 22.3. The van der Waals surface area contributed by atoms with Gasteiger partial charge in [-0.3, -0.25) is 0 Å². The quantitative estimate of drug-likeness (QED) is 0.318. The average molecular weight is 430 g/mol. The molecule has 5 heteroatoms. The van der Waals surface area contributed by atoms with Crippen molar-refractivity contribution in [3.05, 3.63) is 5.82 Å². The van der Waals surface area contributed by atoms with E-state index in [4.69, 9.17) is 15.0 Å². The van der Waals surface area contributed by atoms with E-state index in [2.05, 4.69) is 37.5 Å². The molecule has 0 spiro atoms. The van der Waals surface area contributed by atoms with Crippen LogP contribution in [0.1, 0.15) is 117 Å². The molecule has 0 amide bonds. The molecular weight excluding hydrogens is 382 g/mol. The SMILES string of the molecule is CCCCN(CCCC)c1nc(N(CCCC)CCCC)nc(C23CCC(CC2)C3)n1. The van der Waals surface area contributed by atoms with Gasteiger partial charge < -0.3 is 9.80 Å². The summed E-state index contributed by atoms with van der Waals surface area (Å²) in [4.78, 5) is 20.5. The van der Waals surface area contributed by atoms with E-state index < -0.39 is 0 Å². The molecule has 0 atom stereocenters. The van der Waals surface area contributed by atoms with Gasteiger partial charge in [0.25, 0.3) is 0 Å². The Balaban J connectivity index is 1.97. The summed E-state index contributed by atoms with van der Waals surface area (Å²) in [6.07, 6.45) is 16.2. The molecule has 176 valence electrons. The number of anilines is 2. The Hall–Kier alpha value is -1.39. The number of rotatable bonds is 15. The monoisotopic (exact) mass is 429 g/mol. The fourth-order valence-electron chi connectivity index (χ4n) is 5.40. The Morgan fingerprint density at radius 2 is 1.10 bits per heavy atom. The van der Waals surface area contributed by atoms with Crippen molar-refractivity contribution < 1.29 is 0 Å². The highest BCUT2D eigenvalue weighted by Gasteiger charge is 2.48. The van der Waals surface area contributed by atoms with Crippen LogP contribution < -0.4 is 9.80 Å². The van der Waals surface area contributed by atoms with Gasteiger partial charge in [-0.15, -0.1) is 0 Å². The van der Waals surface area contributed by atoms with Gasteiger partial charge in [0.05, 0.1) is 0 Å². The van der Waals surface area contributed by atoms with Crippen LogP contribution in [-0.4, -0.2) is 41.1 Å². The molecule has 0 unspecified atom stereocenters. The molecule has 1 heterocycles. The van der Waals surface area contributed by atoms with E-state index in [9.17, 15) is 0 Å². The summed E-state index contributed by atoms with van der Waals surface area (Å²) < 4.78 is 0. The van der Waals surface area contributed by atoms with E-state index in [1.54, 1.807) is 0 Å². The van der Waals surface area contributed by atoms with Crippen LogP contribution in [0.4, 0.5) is 11.9 Å². The number of nitrogens with zero attached hydrogens (tertiary/aromatic N) is 5. The summed E-state index contributed by atoms with van der Waals surface area (Å²) >= 11 is 0. The molecule has 2 bridgehead atoms. The Bertz CT molecular complexity index is 599. The topological polar surface area (TPSA) is 45.2 Å². The predicted molar refractivity (Wildman–Crippen MR) is 132 cm³/mol. The lowest BCUT2D eigenvalue weighted by atomic mass is 9.83.